The molecule has 0 aliphatic carbocycles. The second-order valence-corrected chi connectivity index (χ2v) is 7.31. The van der Waals surface area contributed by atoms with Crippen molar-refractivity contribution < 1.29 is 17.9 Å². The number of hydrogen-bond acceptors (Lipinski definition) is 7. The summed E-state index contributed by atoms with van der Waals surface area (Å²) in [7, 11) is -1.37. The Morgan fingerprint density at radius 1 is 1.22 bits per heavy atom. The minimum absolute atomic E-state index is 0.116. The molecule has 3 aromatic rings. The molecule has 0 aliphatic heterocycles. The first-order valence-corrected chi connectivity index (χ1v) is 9.52. The number of nitrogens with one attached hydrogen (secondary N) is 2. The minimum Gasteiger partial charge on any atom is -0.497 e. The third kappa shape index (κ3) is 3.33. The Kier molecular flexibility index (Phi) is 4.79. The maximum atomic E-state index is 12.9. The molecule has 27 heavy (non-hydrogen) atoms. The molecular formula is C16H19N5O5S. The third-order valence-corrected chi connectivity index (χ3v) is 5.32. The van der Waals surface area contributed by atoms with E-state index in [1.807, 2.05) is 6.92 Å². The molecule has 0 spiro atoms. The lowest BCUT2D eigenvalue weighted by Crippen LogP contribution is -2.25. The van der Waals surface area contributed by atoms with Gasteiger partial charge in [-0.3, -0.25) is 14.6 Å². The first-order chi connectivity index (χ1) is 12.8. The van der Waals surface area contributed by atoms with Crippen molar-refractivity contribution >= 4 is 21.5 Å². The number of rotatable bonds is 6. The van der Waals surface area contributed by atoms with Crippen molar-refractivity contribution in [2.45, 2.75) is 25.2 Å². The molecule has 0 saturated carbocycles. The molecule has 3 rings (SSSR count). The van der Waals surface area contributed by atoms with Crippen LogP contribution in [0.5, 0.6) is 11.5 Å². The summed E-state index contributed by atoms with van der Waals surface area (Å²) in [6, 6.07) is 4.35. The van der Waals surface area contributed by atoms with E-state index in [0.29, 0.717) is 18.0 Å². The number of benzene rings is 1. The van der Waals surface area contributed by atoms with E-state index < -0.39 is 15.6 Å². The summed E-state index contributed by atoms with van der Waals surface area (Å²) in [5.41, 5.74) is -0.571. The second kappa shape index (κ2) is 6.91. The van der Waals surface area contributed by atoms with Crippen LogP contribution in [0.4, 0.5) is 5.69 Å². The number of hydrogen-bond donors (Lipinski definition) is 2. The maximum Gasteiger partial charge on any atom is 0.298 e. The molecule has 0 aliphatic rings. The Balaban J connectivity index is 2.13. The van der Waals surface area contributed by atoms with Gasteiger partial charge >= 0.3 is 0 Å². The van der Waals surface area contributed by atoms with Gasteiger partial charge in [-0.2, -0.15) is 9.50 Å². The summed E-state index contributed by atoms with van der Waals surface area (Å²) in [5.74, 6) is 1.19. The summed E-state index contributed by atoms with van der Waals surface area (Å²) >= 11 is 0. The first-order valence-electron chi connectivity index (χ1n) is 8.03. The van der Waals surface area contributed by atoms with Crippen LogP contribution in [-0.2, 0) is 16.4 Å². The highest BCUT2D eigenvalue weighted by molar-refractivity contribution is 7.92. The van der Waals surface area contributed by atoms with Crippen LogP contribution < -0.4 is 19.8 Å². The highest BCUT2D eigenvalue weighted by atomic mass is 32.2. The van der Waals surface area contributed by atoms with Gasteiger partial charge in [-0.1, -0.05) is 6.92 Å². The highest BCUT2D eigenvalue weighted by Gasteiger charge is 2.24. The fraction of sp³-hybridized carbons (Fsp3) is 0.312. The Morgan fingerprint density at radius 3 is 2.59 bits per heavy atom. The molecule has 1 aromatic carbocycles. The van der Waals surface area contributed by atoms with Gasteiger partial charge in [-0.15, -0.1) is 0 Å². The van der Waals surface area contributed by atoms with Gasteiger partial charge in [0, 0.05) is 12.5 Å². The van der Waals surface area contributed by atoms with Gasteiger partial charge in [-0.05, 0) is 19.1 Å². The average Bonchev–Trinajstić information content (AvgIpc) is 3.07. The summed E-state index contributed by atoms with van der Waals surface area (Å²) in [4.78, 5) is 21.0. The third-order valence-electron chi connectivity index (χ3n) is 3.95. The van der Waals surface area contributed by atoms with E-state index in [1.54, 1.807) is 6.07 Å². The van der Waals surface area contributed by atoms with Crippen molar-refractivity contribution in [2.75, 3.05) is 18.9 Å². The zero-order valence-corrected chi connectivity index (χ0v) is 16.0. The lowest BCUT2D eigenvalue weighted by atomic mass is 10.3. The fourth-order valence-electron chi connectivity index (χ4n) is 2.52. The summed E-state index contributed by atoms with van der Waals surface area (Å²) < 4.78 is 39.4. The van der Waals surface area contributed by atoms with Gasteiger partial charge in [0.05, 0.1) is 19.9 Å². The zero-order valence-electron chi connectivity index (χ0n) is 15.2. The molecule has 144 valence electrons. The monoisotopic (exact) mass is 393 g/mol. The van der Waals surface area contributed by atoms with Crippen LogP contribution in [-0.4, -0.2) is 42.2 Å². The molecule has 0 radical (unpaired) electrons. The molecule has 2 N–H and O–H groups in total. The largest absolute Gasteiger partial charge is 0.497 e. The lowest BCUT2D eigenvalue weighted by Gasteiger charge is -2.13. The number of methoxy groups -OCH3 is 2. The lowest BCUT2D eigenvalue weighted by molar-refractivity contribution is 0.392. The van der Waals surface area contributed by atoms with Crippen LogP contribution in [0.25, 0.3) is 5.78 Å². The zero-order chi connectivity index (χ0) is 19.8. The number of anilines is 1. The number of nitrogens with zero attached hydrogens (tertiary/aromatic N) is 3. The SMILES string of the molecule is CCc1nc2nc(C)c(NS(=O)(=O)c3cc(OC)ccc3OC)c(=O)n2[nH]1. The Hall–Kier alpha value is -3.08. The minimum atomic E-state index is -4.14. The quantitative estimate of drug-likeness (QED) is 0.642. The molecule has 0 bridgehead atoms. The van der Waals surface area contributed by atoms with Crippen molar-refractivity contribution in [1.82, 2.24) is 19.6 Å². The van der Waals surface area contributed by atoms with Crippen LogP contribution in [0.3, 0.4) is 0 Å². The number of H-pyrrole nitrogens is 1. The number of aromatic nitrogens is 4. The van der Waals surface area contributed by atoms with E-state index in [0.717, 1.165) is 4.52 Å². The van der Waals surface area contributed by atoms with Gasteiger partial charge in [0.2, 0.25) is 0 Å². The van der Waals surface area contributed by atoms with E-state index >= 15 is 0 Å². The molecule has 2 heterocycles. The van der Waals surface area contributed by atoms with Crippen molar-refractivity contribution in [3.8, 4) is 11.5 Å². The Morgan fingerprint density at radius 2 is 1.96 bits per heavy atom. The molecule has 2 aromatic heterocycles. The summed E-state index contributed by atoms with van der Waals surface area (Å²) in [6.07, 6.45) is 0.573. The van der Waals surface area contributed by atoms with Gasteiger partial charge in [0.25, 0.3) is 21.4 Å². The molecule has 11 heteroatoms. The number of aryl methyl sites for hydroxylation is 2. The number of fused-ring (bicyclic) bond motifs is 1. The molecule has 0 unspecified atom stereocenters. The topological polar surface area (TPSA) is 128 Å². The van der Waals surface area contributed by atoms with Crippen molar-refractivity contribution in [2.24, 2.45) is 0 Å². The highest BCUT2D eigenvalue weighted by Crippen LogP contribution is 2.29. The predicted molar refractivity (Wildman–Crippen MR) is 98.1 cm³/mol. The van der Waals surface area contributed by atoms with Crippen LogP contribution >= 0.6 is 0 Å². The van der Waals surface area contributed by atoms with Crippen LogP contribution in [0.1, 0.15) is 18.4 Å². The predicted octanol–water partition coefficient (Wildman–Crippen LogP) is 1.11. The molecule has 0 amide bonds. The first kappa shape index (κ1) is 18.7. The van der Waals surface area contributed by atoms with E-state index in [1.165, 1.54) is 33.3 Å². The number of sulfonamides is 1. The van der Waals surface area contributed by atoms with E-state index in [9.17, 15) is 13.2 Å². The van der Waals surface area contributed by atoms with Crippen molar-refractivity contribution in [3.05, 3.63) is 40.1 Å². The summed E-state index contributed by atoms with van der Waals surface area (Å²) in [5, 5.41) is 2.80. The van der Waals surface area contributed by atoms with Crippen molar-refractivity contribution in [3.63, 3.8) is 0 Å². The maximum absolute atomic E-state index is 12.9. The molecule has 0 atom stereocenters. The molecule has 0 saturated heterocycles. The fourth-order valence-corrected chi connectivity index (χ4v) is 3.82. The van der Waals surface area contributed by atoms with Gasteiger partial charge in [-0.25, -0.2) is 13.4 Å². The number of aromatic amines is 1. The summed E-state index contributed by atoms with van der Waals surface area (Å²) in [6.45, 7) is 3.40. The average molecular weight is 393 g/mol. The van der Waals surface area contributed by atoms with Crippen LogP contribution in [0, 0.1) is 6.92 Å². The van der Waals surface area contributed by atoms with Crippen LogP contribution in [0.2, 0.25) is 0 Å². The molecule has 10 nitrogen and oxygen atoms in total. The van der Waals surface area contributed by atoms with Crippen molar-refractivity contribution in [1.29, 1.82) is 0 Å². The van der Waals surface area contributed by atoms with E-state index in [-0.39, 0.29) is 27.8 Å². The Bertz CT molecular complexity index is 1170. The standard InChI is InChI=1S/C16H19N5O5S/c1-5-13-18-16-17-9(2)14(15(22)21(16)19-13)20-27(23,24)12-8-10(25-3)6-7-11(12)26-4/h6-8,20H,5H2,1-4H3,(H,17,18,19). The smallest absolute Gasteiger partial charge is 0.298 e. The Labute approximate surface area is 155 Å². The van der Waals surface area contributed by atoms with Gasteiger partial charge < -0.3 is 9.47 Å². The number of ether oxygens (including phenoxy) is 2. The molecule has 0 fully saturated rings. The second-order valence-electron chi connectivity index (χ2n) is 5.66. The van der Waals surface area contributed by atoms with Gasteiger partial charge in [0.1, 0.15) is 27.9 Å². The normalized spacial score (nSPS) is 11.6. The van der Waals surface area contributed by atoms with E-state index in [2.05, 4.69) is 19.8 Å². The van der Waals surface area contributed by atoms with Crippen LogP contribution in [0.15, 0.2) is 27.9 Å². The van der Waals surface area contributed by atoms with Gasteiger partial charge in [0.15, 0.2) is 0 Å². The van der Waals surface area contributed by atoms with E-state index in [4.69, 9.17) is 9.47 Å². The molecular weight excluding hydrogens is 374 g/mol.